The van der Waals surface area contributed by atoms with Crippen LogP contribution in [0.15, 0.2) is 6.07 Å². The first kappa shape index (κ1) is 12.4. The molecule has 5 heteroatoms. The predicted octanol–water partition coefficient (Wildman–Crippen LogP) is 0.861. The Morgan fingerprint density at radius 1 is 1.59 bits per heavy atom. The summed E-state index contributed by atoms with van der Waals surface area (Å²) < 4.78 is 7.61. The molecule has 0 amide bonds. The zero-order valence-corrected chi connectivity index (χ0v) is 10.9. The van der Waals surface area contributed by atoms with E-state index in [1.165, 1.54) is 0 Å². The first-order valence-corrected chi connectivity index (χ1v) is 6.27. The molecule has 0 aromatic carbocycles. The number of aromatic nitrogens is 2. The molecule has 1 atom stereocenters. The third-order valence-corrected chi connectivity index (χ3v) is 3.29. The largest absolute Gasteiger partial charge is 0.374 e. The Morgan fingerprint density at radius 2 is 2.41 bits per heavy atom. The molecule has 2 heterocycles. The minimum Gasteiger partial charge on any atom is -0.374 e. The monoisotopic (exact) mass is 238 g/mol. The lowest BCUT2D eigenvalue weighted by atomic mass is 10.2. The van der Waals surface area contributed by atoms with Crippen molar-refractivity contribution in [1.82, 2.24) is 14.7 Å². The second-order valence-electron chi connectivity index (χ2n) is 4.56. The molecule has 0 bridgehead atoms. The summed E-state index contributed by atoms with van der Waals surface area (Å²) in [5.74, 6) is 0.933. The molecule has 0 radical (unpaired) electrons. The highest BCUT2D eigenvalue weighted by atomic mass is 16.5. The van der Waals surface area contributed by atoms with Gasteiger partial charge in [0, 0.05) is 38.4 Å². The van der Waals surface area contributed by atoms with E-state index in [1.54, 1.807) is 0 Å². The maximum absolute atomic E-state index is 5.73. The van der Waals surface area contributed by atoms with E-state index in [2.05, 4.69) is 28.3 Å². The van der Waals surface area contributed by atoms with Crippen LogP contribution in [0.1, 0.15) is 12.6 Å². The zero-order valence-electron chi connectivity index (χ0n) is 10.9. The summed E-state index contributed by atoms with van der Waals surface area (Å²) in [5, 5.41) is 7.71. The van der Waals surface area contributed by atoms with Gasteiger partial charge in [-0.3, -0.25) is 9.58 Å². The minimum absolute atomic E-state index is 0.269. The molecule has 0 aliphatic carbocycles. The number of ether oxygens (including phenoxy) is 1. The molecule has 1 N–H and O–H groups in total. The van der Waals surface area contributed by atoms with Crippen LogP contribution in [0.25, 0.3) is 0 Å². The number of anilines is 1. The second kappa shape index (κ2) is 5.51. The van der Waals surface area contributed by atoms with Gasteiger partial charge >= 0.3 is 0 Å². The molecule has 96 valence electrons. The normalized spacial score (nSPS) is 21.7. The third kappa shape index (κ3) is 3.20. The SMILES string of the molecule is CCN1CCOC(CNc2cc(C)n(C)n2)C1. The van der Waals surface area contributed by atoms with Crippen molar-refractivity contribution in [2.45, 2.75) is 20.0 Å². The van der Waals surface area contributed by atoms with E-state index in [9.17, 15) is 0 Å². The van der Waals surface area contributed by atoms with Crippen LogP contribution in [0, 0.1) is 6.92 Å². The Labute approximate surface area is 103 Å². The van der Waals surface area contributed by atoms with E-state index < -0.39 is 0 Å². The molecule has 1 aromatic heterocycles. The summed E-state index contributed by atoms with van der Waals surface area (Å²) in [5.41, 5.74) is 1.16. The van der Waals surface area contributed by atoms with E-state index in [-0.39, 0.29) is 6.10 Å². The van der Waals surface area contributed by atoms with Gasteiger partial charge in [0.25, 0.3) is 0 Å². The van der Waals surface area contributed by atoms with E-state index in [0.29, 0.717) is 0 Å². The van der Waals surface area contributed by atoms with Crippen LogP contribution >= 0.6 is 0 Å². The van der Waals surface area contributed by atoms with Gasteiger partial charge in [-0.2, -0.15) is 5.10 Å². The van der Waals surface area contributed by atoms with E-state index in [0.717, 1.165) is 44.3 Å². The predicted molar refractivity (Wildman–Crippen MR) is 68.3 cm³/mol. The van der Waals surface area contributed by atoms with E-state index >= 15 is 0 Å². The Morgan fingerprint density at radius 3 is 3.06 bits per heavy atom. The second-order valence-corrected chi connectivity index (χ2v) is 4.56. The molecule has 1 aliphatic rings. The van der Waals surface area contributed by atoms with Gasteiger partial charge in [-0.05, 0) is 13.5 Å². The van der Waals surface area contributed by atoms with Gasteiger partial charge in [-0.1, -0.05) is 6.92 Å². The molecular formula is C12H22N4O. The summed E-state index contributed by atoms with van der Waals surface area (Å²) in [6.45, 7) is 9.06. The molecule has 1 saturated heterocycles. The topological polar surface area (TPSA) is 42.3 Å². The van der Waals surface area contributed by atoms with Gasteiger partial charge in [-0.15, -0.1) is 0 Å². The molecule has 0 spiro atoms. The minimum atomic E-state index is 0.269. The van der Waals surface area contributed by atoms with Crippen molar-refractivity contribution < 1.29 is 4.74 Å². The van der Waals surface area contributed by atoms with Gasteiger partial charge < -0.3 is 10.1 Å². The molecular weight excluding hydrogens is 216 g/mol. The number of nitrogens with zero attached hydrogens (tertiary/aromatic N) is 3. The van der Waals surface area contributed by atoms with Crippen LogP contribution in [0.4, 0.5) is 5.82 Å². The Bertz CT molecular complexity index is 344. The van der Waals surface area contributed by atoms with Crippen LogP contribution in [0.3, 0.4) is 0 Å². The quantitative estimate of drug-likeness (QED) is 0.845. The summed E-state index contributed by atoms with van der Waals surface area (Å²) in [6.07, 6.45) is 0.269. The van der Waals surface area contributed by atoms with Crippen LogP contribution in [0.5, 0.6) is 0 Å². The van der Waals surface area contributed by atoms with Gasteiger partial charge in [0.2, 0.25) is 0 Å². The van der Waals surface area contributed by atoms with Crippen molar-refractivity contribution >= 4 is 5.82 Å². The van der Waals surface area contributed by atoms with E-state index in [4.69, 9.17) is 4.74 Å². The average Bonchev–Trinajstić information content (AvgIpc) is 2.67. The van der Waals surface area contributed by atoms with Crippen molar-refractivity contribution in [1.29, 1.82) is 0 Å². The average molecular weight is 238 g/mol. The van der Waals surface area contributed by atoms with Gasteiger partial charge in [0.05, 0.1) is 12.7 Å². The number of nitrogens with one attached hydrogen (secondary N) is 1. The van der Waals surface area contributed by atoms with Gasteiger partial charge in [0.1, 0.15) is 5.82 Å². The standard InChI is InChI=1S/C12H22N4O/c1-4-16-5-6-17-11(9-16)8-13-12-7-10(2)15(3)14-12/h7,11H,4-6,8-9H2,1-3H3,(H,13,14). The van der Waals surface area contributed by atoms with Crippen molar-refractivity contribution in [3.8, 4) is 0 Å². The molecule has 1 aromatic rings. The third-order valence-electron chi connectivity index (χ3n) is 3.29. The lowest BCUT2D eigenvalue weighted by Crippen LogP contribution is -2.45. The molecule has 1 unspecified atom stereocenters. The summed E-state index contributed by atoms with van der Waals surface area (Å²) in [4.78, 5) is 2.42. The first-order valence-electron chi connectivity index (χ1n) is 6.27. The number of hydrogen-bond donors (Lipinski definition) is 1. The van der Waals surface area contributed by atoms with Crippen molar-refractivity contribution in [3.05, 3.63) is 11.8 Å². The Balaban J connectivity index is 1.81. The van der Waals surface area contributed by atoms with Crippen molar-refractivity contribution in [2.75, 3.05) is 38.1 Å². The molecule has 17 heavy (non-hydrogen) atoms. The molecule has 5 nitrogen and oxygen atoms in total. The smallest absolute Gasteiger partial charge is 0.148 e. The number of aryl methyl sites for hydroxylation is 2. The van der Waals surface area contributed by atoms with Crippen molar-refractivity contribution in [3.63, 3.8) is 0 Å². The highest BCUT2D eigenvalue weighted by molar-refractivity contribution is 5.35. The fourth-order valence-electron chi connectivity index (χ4n) is 2.06. The Kier molecular flexibility index (Phi) is 4.02. The maximum atomic E-state index is 5.73. The highest BCUT2D eigenvalue weighted by Gasteiger charge is 2.19. The summed E-state index contributed by atoms with van der Waals surface area (Å²) in [6, 6.07) is 2.06. The lowest BCUT2D eigenvalue weighted by molar-refractivity contribution is -0.0192. The molecule has 0 saturated carbocycles. The van der Waals surface area contributed by atoms with E-state index in [1.807, 2.05) is 18.7 Å². The fourth-order valence-corrected chi connectivity index (χ4v) is 2.06. The zero-order chi connectivity index (χ0) is 12.3. The van der Waals surface area contributed by atoms with Crippen LogP contribution in [-0.4, -0.2) is 53.6 Å². The highest BCUT2D eigenvalue weighted by Crippen LogP contribution is 2.09. The van der Waals surface area contributed by atoms with Crippen LogP contribution in [0.2, 0.25) is 0 Å². The van der Waals surface area contributed by atoms with Crippen molar-refractivity contribution in [2.24, 2.45) is 7.05 Å². The molecule has 1 aliphatic heterocycles. The Hall–Kier alpha value is -1.07. The molecule has 2 rings (SSSR count). The number of likely N-dealkylation sites (N-methyl/N-ethyl adjacent to an activating group) is 1. The summed E-state index contributed by atoms with van der Waals surface area (Å²) in [7, 11) is 1.95. The van der Waals surface area contributed by atoms with Crippen LogP contribution in [-0.2, 0) is 11.8 Å². The maximum Gasteiger partial charge on any atom is 0.148 e. The van der Waals surface area contributed by atoms with Crippen LogP contribution < -0.4 is 5.32 Å². The summed E-state index contributed by atoms with van der Waals surface area (Å²) >= 11 is 0. The number of hydrogen-bond acceptors (Lipinski definition) is 4. The van der Waals surface area contributed by atoms with Gasteiger partial charge in [-0.25, -0.2) is 0 Å². The number of rotatable bonds is 4. The molecule has 1 fully saturated rings. The lowest BCUT2D eigenvalue weighted by Gasteiger charge is -2.32. The fraction of sp³-hybridized carbons (Fsp3) is 0.750. The van der Waals surface area contributed by atoms with Gasteiger partial charge in [0.15, 0.2) is 0 Å². The first-order chi connectivity index (χ1) is 8.19. The number of morpholine rings is 1.